The third-order valence-electron chi connectivity index (χ3n) is 3.05. The lowest BCUT2D eigenvalue weighted by Gasteiger charge is -2.08. The van der Waals surface area contributed by atoms with E-state index in [2.05, 4.69) is 21.7 Å². The summed E-state index contributed by atoms with van der Waals surface area (Å²) in [6, 6.07) is 2.09. The molecule has 0 aromatic carbocycles. The van der Waals surface area contributed by atoms with Crippen molar-refractivity contribution in [3.05, 3.63) is 27.8 Å². The number of nitrogens with zero attached hydrogens (tertiary/aromatic N) is 2. The number of aromatic nitrogens is 2. The highest BCUT2D eigenvalue weighted by molar-refractivity contribution is 7.09. The van der Waals surface area contributed by atoms with Gasteiger partial charge in [0.1, 0.15) is 6.54 Å². The van der Waals surface area contributed by atoms with E-state index in [1.807, 2.05) is 25.3 Å². The fourth-order valence-corrected chi connectivity index (χ4v) is 2.63. The van der Waals surface area contributed by atoms with Gasteiger partial charge in [0.2, 0.25) is 5.91 Å². The van der Waals surface area contributed by atoms with E-state index in [1.165, 1.54) is 0 Å². The molecule has 4 nitrogen and oxygen atoms in total. The van der Waals surface area contributed by atoms with Crippen molar-refractivity contribution in [2.45, 2.75) is 27.3 Å². The zero-order valence-electron chi connectivity index (χ0n) is 11.1. The van der Waals surface area contributed by atoms with Crippen molar-refractivity contribution in [3.63, 3.8) is 0 Å². The number of nitrogens with one attached hydrogen (secondary N) is 1. The van der Waals surface area contributed by atoms with Crippen LogP contribution < -0.4 is 5.32 Å². The molecule has 0 spiro atoms. The maximum atomic E-state index is 11.5. The molecular weight excluding hydrogens is 246 g/mol. The lowest BCUT2D eigenvalue weighted by atomic mass is 10.2. The number of thiazole rings is 1. The van der Waals surface area contributed by atoms with E-state index in [0.717, 1.165) is 27.7 Å². The number of hydrogen-bond donors (Lipinski definition) is 1. The third kappa shape index (κ3) is 2.31. The number of likely N-dealkylation sites (N-methyl/N-ethyl adjacent to an activating group) is 1. The fraction of sp³-hybridized carbons (Fsp3) is 0.385. The minimum Gasteiger partial charge on any atom is -0.358 e. The van der Waals surface area contributed by atoms with Gasteiger partial charge in [-0.05, 0) is 26.8 Å². The average Bonchev–Trinajstić information content (AvgIpc) is 2.87. The summed E-state index contributed by atoms with van der Waals surface area (Å²) in [6.45, 7) is 6.40. The molecule has 0 unspecified atom stereocenters. The topological polar surface area (TPSA) is 46.9 Å². The van der Waals surface area contributed by atoms with Gasteiger partial charge in [-0.15, -0.1) is 11.3 Å². The van der Waals surface area contributed by atoms with E-state index < -0.39 is 0 Å². The van der Waals surface area contributed by atoms with Crippen LogP contribution in [0.1, 0.15) is 16.4 Å². The summed E-state index contributed by atoms with van der Waals surface area (Å²) in [6.07, 6.45) is 0. The predicted molar refractivity (Wildman–Crippen MR) is 73.8 cm³/mol. The Balaban J connectivity index is 2.40. The summed E-state index contributed by atoms with van der Waals surface area (Å²) in [5, 5.41) is 5.76. The van der Waals surface area contributed by atoms with E-state index >= 15 is 0 Å². The van der Waals surface area contributed by atoms with Gasteiger partial charge in [0.05, 0.1) is 10.7 Å². The predicted octanol–water partition coefficient (Wildman–Crippen LogP) is 2.28. The minimum absolute atomic E-state index is 0.0119. The highest BCUT2D eigenvalue weighted by Crippen LogP contribution is 2.27. The molecule has 18 heavy (non-hydrogen) atoms. The van der Waals surface area contributed by atoms with Gasteiger partial charge in [0, 0.05) is 29.4 Å². The monoisotopic (exact) mass is 263 g/mol. The van der Waals surface area contributed by atoms with Crippen molar-refractivity contribution in [1.82, 2.24) is 14.9 Å². The molecule has 2 heterocycles. The molecule has 0 fully saturated rings. The Morgan fingerprint density at radius 2 is 2.17 bits per heavy atom. The van der Waals surface area contributed by atoms with Crippen molar-refractivity contribution >= 4 is 17.2 Å². The third-order valence-corrected chi connectivity index (χ3v) is 3.82. The van der Waals surface area contributed by atoms with Crippen molar-refractivity contribution in [2.24, 2.45) is 0 Å². The highest BCUT2D eigenvalue weighted by Gasteiger charge is 2.14. The first-order valence-electron chi connectivity index (χ1n) is 5.82. The molecule has 5 heteroatoms. The SMILES string of the molecule is CNC(=O)Cn1c(C)cc(-c2csc(C)n2)c1C. The van der Waals surface area contributed by atoms with Crippen LogP contribution in [0.3, 0.4) is 0 Å². The van der Waals surface area contributed by atoms with Gasteiger partial charge in [-0.2, -0.15) is 0 Å². The quantitative estimate of drug-likeness (QED) is 0.923. The Morgan fingerprint density at radius 3 is 2.72 bits per heavy atom. The molecule has 0 saturated heterocycles. The van der Waals surface area contributed by atoms with Crippen LogP contribution >= 0.6 is 11.3 Å². The second-order valence-electron chi connectivity index (χ2n) is 4.30. The fourth-order valence-electron chi connectivity index (χ4n) is 2.01. The molecule has 0 aliphatic carbocycles. The molecule has 0 aliphatic rings. The van der Waals surface area contributed by atoms with Crippen LogP contribution in [0.25, 0.3) is 11.3 Å². The van der Waals surface area contributed by atoms with Crippen molar-refractivity contribution < 1.29 is 4.79 Å². The molecular formula is C13H17N3OS. The van der Waals surface area contributed by atoms with Crippen LogP contribution in [0.2, 0.25) is 0 Å². The molecule has 96 valence electrons. The van der Waals surface area contributed by atoms with Gasteiger partial charge in [-0.3, -0.25) is 4.79 Å². The summed E-state index contributed by atoms with van der Waals surface area (Å²) in [4.78, 5) is 16.0. The van der Waals surface area contributed by atoms with Crippen LogP contribution in [-0.4, -0.2) is 22.5 Å². The van der Waals surface area contributed by atoms with Crippen LogP contribution in [0.4, 0.5) is 0 Å². The van der Waals surface area contributed by atoms with Gasteiger partial charge in [-0.1, -0.05) is 0 Å². The van der Waals surface area contributed by atoms with E-state index in [4.69, 9.17) is 0 Å². The average molecular weight is 263 g/mol. The van der Waals surface area contributed by atoms with Gasteiger partial charge in [-0.25, -0.2) is 4.98 Å². The Hall–Kier alpha value is -1.62. The van der Waals surface area contributed by atoms with E-state index in [-0.39, 0.29) is 5.91 Å². The smallest absolute Gasteiger partial charge is 0.239 e. The molecule has 0 atom stereocenters. The van der Waals surface area contributed by atoms with Gasteiger partial charge in [0.25, 0.3) is 0 Å². The second kappa shape index (κ2) is 4.94. The minimum atomic E-state index is 0.0119. The second-order valence-corrected chi connectivity index (χ2v) is 5.36. The van der Waals surface area contributed by atoms with E-state index in [9.17, 15) is 4.79 Å². The summed E-state index contributed by atoms with van der Waals surface area (Å²) < 4.78 is 2.02. The Morgan fingerprint density at radius 1 is 1.44 bits per heavy atom. The molecule has 2 aromatic rings. The number of rotatable bonds is 3. The van der Waals surface area contributed by atoms with Crippen LogP contribution in [-0.2, 0) is 11.3 Å². The molecule has 2 aromatic heterocycles. The summed E-state index contributed by atoms with van der Waals surface area (Å²) in [5.74, 6) is 0.0119. The summed E-state index contributed by atoms with van der Waals surface area (Å²) in [7, 11) is 1.65. The van der Waals surface area contributed by atoms with E-state index in [0.29, 0.717) is 6.54 Å². The zero-order valence-corrected chi connectivity index (χ0v) is 11.9. The first-order chi connectivity index (χ1) is 8.52. The van der Waals surface area contributed by atoms with Crippen molar-refractivity contribution in [1.29, 1.82) is 0 Å². The highest BCUT2D eigenvalue weighted by atomic mass is 32.1. The lowest BCUT2D eigenvalue weighted by molar-refractivity contribution is -0.121. The summed E-state index contributed by atoms with van der Waals surface area (Å²) >= 11 is 1.64. The standard InChI is InChI=1S/C13H17N3OS/c1-8-5-11(12-7-18-10(3)15-12)9(2)16(8)6-13(17)14-4/h5,7H,6H2,1-4H3,(H,14,17). The zero-order chi connectivity index (χ0) is 13.3. The molecule has 2 rings (SSSR count). The Labute approximate surface area is 111 Å². The normalized spacial score (nSPS) is 10.7. The maximum absolute atomic E-state index is 11.5. The summed E-state index contributed by atoms with van der Waals surface area (Å²) in [5.41, 5.74) is 4.27. The molecule has 0 aliphatic heterocycles. The first kappa shape index (κ1) is 12.8. The molecule has 0 saturated carbocycles. The Kier molecular flexibility index (Phi) is 3.52. The van der Waals surface area contributed by atoms with Gasteiger partial charge >= 0.3 is 0 Å². The lowest BCUT2D eigenvalue weighted by Crippen LogP contribution is -2.24. The van der Waals surface area contributed by atoms with Crippen molar-refractivity contribution in [3.8, 4) is 11.3 Å². The number of carbonyl (C=O) groups excluding carboxylic acids is 1. The number of amides is 1. The number of aryl methyl sites for hydroxylation is 2. The number of carbonyl (C=O) groups is 1. The largest absolute Gasteiger partial charge is 0.358 e. The Bertz CT molecular complexity index is 583. The van der Waals surface area contributed by atoms with E-state index in [1.54, 1.807) is 18.4 Å². The maximum Gasteiger partial charge on any atom is 0.239 e. The molecule has 1 N–H and O–H groups in total. The number of hydrogen-bond acceptors (Lipinski definition) is 3. The van der Waals surface area contributed by atoms with Gasteiger partial charge in [0.15, 0.2) is 0 Å². The molecule has 0 bridgehead atoms. The van der Waals surface area contributed by atoms with Crippen LogP contribution in [0, 0.1) is 20.8 Å². The van der Waals surface area contributed by atoms with Crippen LogP contribution in [0.5, 0.6) is 0 Å². The molecule has 1 amide bonds. The first-order valence-corrected chi connectivity index (χ1v) is 6.70. The van der Waals surface area contributed by atoms with Gasteiger partial charge < -0.3 is 9.88 Å². The van der Waals surface area contributed by atoms with Crippen LogP contribution in [0.15, 0.2) is 11.4 Å². The molecule has 0 radical (unpaired) electrons. The van der Waals surface area contributed by atoms with Crippen molar-refractivity contribution in [2.75, 3.05) is 7.05 Å².